The minimum absolute atomic E-state index is 0.0747. The summed E-state index contributed by atoms with van der Waals surface area (Å²) < 4.78 is 2.39. The summed E-state index contributed by atoms with van der Waals surface area (Å²) in [6.07, 6.45) is 4.73. The first-order valence-corrected chi connectivity index (χ1v) is 12.1. The van der Waals surface area contributed by atoms with Crippen LogP contribution in [0, 0.1) is 0 Å². The molecule has 3 nitrogen and oxygen atoms in total. The Labute approximate surface area is 180 Å². The second kappa shape index (κ2) is 7.13. The Hall–Kier alpha value is -1.85. The summed E-state index contributed by atoms with van der Waals surface area (Å²) in [5, 5.41) is 0. The largest absolute Gasteiger partial charge is 0.342 e. The number of amides is 1. The summed E-state index contributed by atoms with van der Waals surface area (Å²) in [5.41, 5.74) is 5.45. The fourth-order valence-corrected chi connectivity index (χ4v) is 7.39. The third kappa shape index (κ3) is 3.10. The van der Waals surface area contributed by atoms with Crippen molar-refractivity contribution in [2.24, 2.45) is 0 Å². The fraction of sp³-hybridized carbons (Fsp3) is 0.417. The predicted octanol–water partition coefficient (Wildman–Crippen LogP) is 5.83. The minimum atomic E-state index is 0.0747. The van der Waals surface area contributed by atoms with Gasteiger partial charge in [0.2, 0.25) is 5.91 Å². The third-order valence-electron chi connectivity index (χ3n) is 6.90. The molecule has 1 aliphatic heterocycles. The average Bonchev–Trinajstić information content (AvgIpc) is 3.13. The highest BCUT2D eigenvalue weighted by molar-refractivity contribution is 8.01. The van der Waals surface area contributed by atoms with E-state index in [4.69, 9.17) is 4.98 Å². The molecule has 2 aliphatic rings. The molecule has 0 saturated carbocycles. The van der Waals surface area contributed by atoms with E-state index in [0.717, 1.165) is 35.5 Å². The van der Waals surface area contributed by atoms with Gasteiger partial charge in [0.25, 0.3) is 0 Å². The van der Waals surface area contributed by atoms with Gasteiger partial charge >= 0.3 is 0 Å². The monoisotopic (exact) mass is 422 g/mol. The predicted molar refractivity (Wildman–Crippen MR) is 121 cm³/mol. The van der Waals surface area contributed by atoms with E-state index in [1.165, 1.54) is 26.3 Å². The maximum absolute atomic E-state index is 12.2. The lowest BCUT2D eigenvalue weighted by atomic mass is 9.63. The molecule has 150 valence electrons. The van der Waals surface area contributed by atoms with Crippen molar-refractivity contribution in [2.75, 3.05) is 7.05 Å². The standard InChI is InChI=1S/C24H26N2OS2/c1-4-15-6-5-7-19-22(15)25-23(29-19)28-17-9-10-18-16(14-17)8-11-20-24(18,2)13-12-21(27)26(20)3/h5-7,9-10,14,20H,4,8,11-13H2,1-3H3/t20?,24-/m1/s1. The zero-order chi connectivity index (χ0) is 20.2. The van der Waals surface area contributed by atoms with Crippen LogP contribution >= 0.6 is 23.1 Å². The Morgan fingerprint density at radius 2 is 2.14 bits per heavy atom. The van der Waals surface area contributed by atoms with Gasteiger partial charge in [-0.3, -0.25) is 4.79 Å². The molecule has 2 aromatic carbocycles. The van der Waals surface area contributed by atoms with Crippen molar-refractivity contribution in [1.82, 2.24) is 9.88 Å². The van der Waals surface area contributed by atoms with Gasteiger partial charge in [0, 0.05) is 29.8 Å². The Kier molecular flexibility index (Phi) is 4.71. The highest BCUT2D eigenvalue weighted by atomic mass is 32.2. The lowest BCUT2D eigenvalue weighted by molar-refractivity contribution is -0.138. The van der Waals surface area contributed by atoms with Gasteiger partial charge in [0.05, 0.1) is 10.2 Å². The van der Waals surface area contributed by atoms with Crippen LogP contribution in [-0.2, 0) is 23.1 Å². The second-order valence-electron chi connectivity index (χ2n) is 8.49. The fourth-order valence-electron chi connectivity index (χ4n) is 5.24. The van der Waals surface area contributed by atoms with Crippen molar-refractivity contribution in [3.8, 4) is 0 Å². The number of thiazole rings is 1. The van der Waals surface area contributed by atoms with Gasteiger partial charge in [-0.05, 0) is 60.6 Å². The highest BCUT2D eigenvalue weighted by Crippen LogP contribution is 2.47. The van der Waals surface area contributed by atoms with Crippen LogP contribution in [0.1, 0.15) is 49.8 Å². The van der Waals surface area contributed by atoms with Crippen LogP contribution in [-0.4, -0.2) is 28.9 Å². The van der Waals surface area contributed by atoms with E-state index in [0.29, 0.717) is 18.4 Å². The molecule has 0 radical (unpaired) electrons. The van der Waals surface area contributed by atoms with Crippen LogP contribution < -0.4 is 0 Å². The number of likely N-dealkylation sites (N-methyl/N-ethyl adjacent to an activating group) is 1. The molecular formula is C24H26N2OS2. The number of hydrogen-bond donors (Lipinski definition) is 0. The average molecular weight is 423 g/mol. The van der Waals surface area contributed by atoms with Crippen LogP contribution in [0.5, 0.6) is 0 Å². The molecule has 0 spiro atoms. The minimum Gasteiger partial charge on any atom is -0.342 e. The van der Waals surface area contributed by atoms with Crippen molar-refractivity contribution in [2.45, 2.75) is 66.6 Å². The van der Waals surface area contributed by atoms with Crippen molar-refractivity contribution >= 4 is 39.2 Å². The lowest BCUT2D eigenvalue weighted by Crippen LogP contribution is -2.56. The van der Waals surface area contributed by atoms with Gasteiger partial charge in [0.1, 0.15) is 0 Å². The van der Waals surface area contributed by atoms with E-state index in [-0.39, 0.29) is 5.41 Å². The number of para-hydroxylation sites is 1. The van der Waals surface area contributed by atoms with Gasteiger partial charge in [0.15, 0.2) is 4.34 Å². The van der Waals surface area contributed by atoms with E-state index in [9.17, 15) is 4.79 Å². The molecule has 3 aromatic rings. The number of piperidine rings is 1. The first kappa shape index (κ1) is 19.1. The molecule has 2 heterocycles. The molecule has 2 atom stereocenters. The number of carbonyl (C=O) groups excluding carboxylic acids is 1. The zero-order valence-electron chi connectivity index (χ0n) is 17.2. The molecule has 1 aliphatic carbocycles. The molecule has 0 bridgehead atoms. The Morgan fingerprint density at radius 3 is 2.97 bits per heavy atom. The van der Waals surface area contributed by atoms with E-state index in [1.54, 1.807) is 23.1 Å². The lowest BCUT2D eigenvalue weighted by Gasteiger charge is -2.50. The summed E-state index contributed by atoms with van der Waals surface area (Å²) in [7, 11) is 1.98. The topological polar surface area (TPSA) is 33.2 Å². The summed E-state index contributed by atoms with van der Waals surface area (Å²) in [4.78, 5) is 20.4. The summed E-state index contributed by atoms with van der Waals surface area (Å²) in [5.74, 6) is 0.297. The second-order valence-corrected chi connectivity index (χ2v) is 10.8. The molecule has 0 N–H and O–H groups in total. The van der Waals surface area contributed by atoms with Crippen LogP contribution in [0.25, 0.3) is 10.2 Å². The quantitative estimate of drug-likeness (QED) is 0.532. The van der Waals surface area contributed by atoms with Crippen molar-refractivity contribution in [3.05, 3.63) is 53.1 Å². The van der Waals surface area contributed by atoms with Gasteiger partial charge in [-0.15, -0.1) is 11.3 Å². The number of hydrogen-bond acceptors (Lipinski definition) is 4. The Morgan fingerprint density at radius 1 is 1.28 bits per heavy atom. The van der Waals surface area contributed by atoms with E-state index in [1.807, 2.05) is 11.9 Å². The van der Waals surface area contributed by atoms with E-state index < -0.39 is 0 Å². The number of aromatic nitrogens is 1. The third-order valence-corrected chi connectivity index (χ3v) is 8.97. The van der Waals surface area contributed by atoms with Gasteiger partial charge in [-0.25, -0.2) is 4.98 Å². The van der Waals surface area contributed by atoms with Crippen LogP contribution in [0.4, 0.5) is 0 Å². The highest BCUT2D eigenvalue weighted by Gasteiger charge is 2.46. The van der Waals surface area contributed by atoms with Gasteiger partial charge in [-0.1, -0.05) is 43.8 Å². The maximum atomic E-state index is 12.2. The van der Waals surface area contributed by atoms with Gasteiger partial charge < -0.3 is 4.90 Å². The van der Waals surface area contributed by atoms with Crippen molar-refractivity contribution in [1.29, 1.82) is 0 Å². The molecule has 1 fully saturated rings. The van der Waals surface area contributed by atoms with Crippen molar-refractivity contribution < 1.29 is 4.79 Å². The number of aryl methyl sites for hydroxylation is 2. The molecule has 1 amide bonds. The van der Waals surface area contributed by atoms with E-state index >= 15 is 0 Å². The van der Waals surface area contributed by atoms with E-state index in [2.05, 4.69) is 50.2 Å². The van der Waals surface area contributed by atoms with Crippen LogP contribution in [0.3, 0.4) is 0 Å². The molecule has 1 saturated heterocycles. The molecule has 29 heavy (non-hydrogen) atoms. The number of nitrogens with zero attached hydrogens (tertiary/aromatic N) is 2. The molecule has 5 rings (SSSR count). The SMILES string of the molecule is CCc1cccc2sc(Sc3ccc4c(c3)CCC3N(C)C(=O)CC[C@]43C)nc12. The number of carbonyl (C=O) groups is 1. The number of fused-ring (bicyclic) bond motifs is 4. The molecule has 5 heteroatoms. The zero-order valence-corrected chi connectivity index (χ0v) is 18.8. The summed E-state index contributed by atoms with van der Waals surface area (Å²) >= 11 is 3.56. The number of rotatable bonds is 3. The molecular weight excluding hydrogens is 396 g/mol. The Bertz CT molecular complexity index is 1110. The Balaban J connectivity index is 1.46. The first-order valence-electron chi connectivity index (χ1n) is 10.4. The normalized spacial score (nSPS) is 23.9. The summed E-state index contributed by atoms with van der Waals surface area (Å²) in [6, 6.07) is 13.7. The van der Waals surface area contributed by atoms with Crippen LogP contribution in [0.2, 0.25) is 0 Å². The number of likely N-dealkylation sites (tertiary alicyclic amines) is 1. The maximum Gasteiger partial charge on any atom is 0.222 e. The number of benzene rings is 2. The first-order chi connectivity index (χ1) is 14.0. The van der Waals surface area contributed by atoms with Crippen LogP contribution in [0.15, 0.2) is 45.6 Å². The molecule has 1 aromatic heterocycles. The van der Waals surface area contributed by atoms with Gasteiger partial charge in [-0.2, -0.15) is 0 Å². The van der Waals surface area contributed by atoms with Crippen molar-refractivity contribution in [3.63, 3.8) is 0 Å². The smallest absolute Gasteiger partial charge is 0.222 e. The molecule has 1 unspecified atom stereocenters. The summed E-state index contributed by atoms with van der Waals surface area (Å²) in [6.45, 7) is 4.54.